The molecule has 1 aromatic rings. The first kappa shape index (κ1) is 23.2. The lowest BCUT2D eigenvalue weighted by Crippen LogP contribution is -2.40. The first-order valence-electron chi connectivity index (χ1n) is 11.4. The van der Waals surface area contributed by atoms with Crippen LogP contribution in [0.1, 0.15) is 61.9 Å². The smallest absolute Gasteiger partial charge is 0.251 e. The molecule has 7 heteroatoms. The van der Waals surface area contributed by atoms with Crippen LogP contribution in [0.2, 0.25) is 0 Å². The minimum Gasteiger partial charge on any atom is -0.352 e. The summed E-state index contributed by atoms with van der Waals surface area (Å²) in [6, 6.07) is 6.97. The lowest BCUT2D eigenvalue weighted by molar-refractivity contribution is 0.0947. The van der Waals surface area contributed by atoms with Crippen molar-refractivity contribution in [3.8, 4) is 0 Å². The highest BCUT2D eigenvalue weighted by molar-refractivity contribution is 7.88. The van der Waals surface area contributed by atoms with E-state index in [0.717, 1.165) is 62.7 Å². The Balaban J connectivity index is 1.42. The first-order valence-corrected chi connectivity index (χ1v) is 13.0. The van der Waals surface area contributed by atoms with Gasteiger partial charge in [0.25, 0.3) is 5.91 Å². The highest BCUT2D eigenvalue weighted by atomic mass is 32.2. The molecule has 1 N–H and O–H groups in total. The lowest BCUT2D eigenvalue weighted by atomic mass is 9.92. The summed E-state index contributed by atoms with van der Waals surface area (Å²) in [7, 11) is -3.28. The van der Waals surface area contributed by atoms with Gasteiger partial charge in [-0.25, -0.2) is 12.7 Å². The number of amides is 1. The zero-order valence-electron chi connectivity index (χ0n) is 18.5. The summed E-state index contributed by atoms with van der Waals surface area (Å²) in [5, 5.41) is 2.99. The predicted octanol–water partition coefficient (Wildman–Crippen LogP) is 3.10. The molecule has 2 heterocycles. The van der Waals surface area contributed by atoms with E-state index in [-0.39, 0.29) is 11.7 Å². The normalized spacial score (nSPS) is 23.9. The minimum atomic E-state index is -3.28. The molecular weight excluding hydrogens is 398 g/mol. The molecule has 2 aliphatic rings. The Kier molecular flexibility index (Phi) is 8.31. The van der Waals surface area contributed by atoms with Crippen molar-refractivity contribution in [1.82, 2.24) is 14.5 Å². The van der Waals surface area contributed by atoms with Crippen molar-refractivity contribution in [2.75, 3.05) is 39.3 Å². The first-order chi connectivity index (χ1) is 14.3. The van der Waals surface area contributed by atoms with E-state index in [1.807, 2.05) is 0 Å². The number of sulfonamides is 1. The van der Waals surface area contributed by atoms with E-state index < -0.39 is 10.0 Å². The lowest BCUT2D eigenvalue weighted by Gasteiger charge is -2.34. The zero-order chi connectivity index (χ0) is 21.6. The Hall–Kier alpha value is -1.44. The Morgan fingerprint density at radius 1 is 1.03 bits per heavy atom. The molecule has 6 nitrogen and oxygen atoms in total. The van der Waals surface area contributed by atoms with Gasteiger partial charge in [-0.15, -0.1) is 0 Å². The van der Waals surface area contributed by atoms with Gasteiger partial charge in [-0.2, -0.15) is 0 Å². The van der Waals surface area contributed by atoms with Crippen LogP contribution in [0, 0.1) is 11.8 Å². The molecule has 30 heavy (non-hydrogen) atoms. The van der Waals surface area contributed by atoms with Crippen molar-refractivity contribution in [2.45, 2.75) is 51.7 Å². The molecule has 2 atom stereocenters. The predicted molar refractivity (Wildman–Crippen MR) is 121 cm³/mol. The fraction of sp³-hybridized carbons (Fsp3) is 0.696. The van der Waals surface area contributed by atoms with Crippen LogP contribution in [0.25, 0.3) is 0 Å². The molecular formula is C23H37N3O3S. The molecule has 0 aliphatic carbocycles. The summed E-state index contributed by atoms with van der Waals surface area (Å²) in [6.07, 6.45) is 5.23. The number of carbonyl (C=O) groups excluding carboxylic acids is 1. The number of nitrogens with zero attached hydrogens (tertiary/aromatic N) is 2. The molecule has 0 saturated carbocycles. The molecule has 1 amide bonds. The second-order valence-corrected chi connectivity index (χ2v) is 11.2. The molecule has 3 rings (SSSR count). The van der Waals surface area contributed by atoms with Crippen LogP contribution in [-0.4, -0.2) is 62.8 Å². The third-order valence-electron chi connectivity index (χ3n) is 6.15. The number of benzene rings is 1. The van der Waals surface area contributed by atoms with Gasteiger partial charge in [0.05, 0.1) is 5.75 Å². The van der Waals surface area contributed by atoms with E-state index in [4.69, 9.17) is 0 Å². The van der Waals surface area contributed by atoms with Gasteiger partial charge >= 0.3 is 0 Å². The van der Waals surface area contributed by atoms with Crippen molar-refractivity contribution in [3.63, 3.8) is 0 Å². The van der Waals surface area contributed by atoms with Gasteiger partial charge in [-0.05, 0) is 61.8 Å². The number of carbonyl (C=O) groups is 1. The number of hydrogen-bond donors (Lipinski definition) is 1. The SMILES string of the molecule is C[C@@H]1C[C@H](C)CN(CCCNC(=O)c2ccc(CS(=O)(=O)N3CCCCC3)cc2)C1. The Morgan fingerprint density at radius 2 is 1.67 bits per heavy atom. The van der Waals surface area contributed by atoms with Crippen LogP contribution in [0.4, 0.5) is 0 Å². The third-order valence-corrected chi connectivity index (χ3v) is 8.00. The van der Waals surface area contributed by atoms with Crippen LogP contribution in [0.5, 0.6) is 0 Å². The average molecular weight is 436 g/mol. The zero-order valence-corrected chi connectivity index (χ0v) is 19.3. The van der Waals surface area contributed by atoms with Gasteiger partial charge < -0.3 is 10.2 Å². The van der Waals surface area contributed by atoms with Gasteiger partial charge in [0.2, 0.25) is 10.0 Å². The Labute approximate surface area is 182 Å². The van der Waals surface area contributed by atoms with Gasteiger partial charge in [0, 0.05) is 38.3 Å². The van der Waals surface area contributed by atoms with Crippen LogP contribution in [0.15, 0.2) is 24.3 Å². The summed E-state index contributed by atoms with van der Waals surface area (Å²) in [4.78, 5) is 14.9. The molecule has 2 saturated heterocycles. The topological polar surface area (TPSA) is 69.7 Å². The number of nitrogens with one attached hydrogen (secondary N) is 1. The van der Waals surface area contributed by atoms with E-state index in [9.17, 15) is 13.2 Å². The molecule has 2 aliphatic heterocycles. The number of hydrogen-bond acceptors (Lipinski definition) is 4. The number of rotatable bonds is 8. The second kappa shape index (κ2) is 10.7. The van der Waals surface area contributed by atoms with Crippen molar-refractivity contribution in [3.05, 3.63) is 35.4 Å². The largest absolute Gasteiger partial charge is 0.352 e. The van der Waals surface area contributed by atoms with Crippen LogP contribution in [-0.2, 0) is 15.8 Å². The van der Waals surface area contributed by atoms with Crippen LogP contribution < -0.4 is 5.32 Å². The highest BCUT2D eigenvalue weighted by Gasteiger charge is 2.24. The van der Waals surface area contributed by atoms with Crippen LogP contribution >= 0.6 is 0 Å². The Morgan fingerprint density at radius 3 is 2.30 bits per heavy atom. The van der Waals surface area contributed by atoms with Crippen molar-refractivity contribution in [2.24, 2.45) is 11.8 Å². The summed E-state index contributed by atoms with van der Waals surface area (Å²) >= 11 is 0. The quantitative estimate of drug-likeness (QED) is 0.637. The second-order valence-electron chi connectivity index (χ2n) is 9.23. The summed E-state index contributed by atoms with van der Waals surface area (Å²) in [5.74, 6) is 1.41. The molecule has 0 aromatic heterocycles. The van der Waals surface area contributed by atoms with E-state index in [2.05, 4.69) is 24.1 Å². The van der Waals surface area contributed by atoms with Crippen molar-refractivity contribution < 1.29 is 13.2 Å². The van der Waals surface area contributed by atoms with Gasteiger partial charge in [0.1, 0.15) is 0 Å². The number of piperidine rings is 2. The Bertz CT molecular complexity index is 778. The molecule has 1 aromatic carbocycles. The van der Waals surface area contributed by atoms with E-state index in [1.54, 1.807) is 28.6 Å². The van der Waals surface area contributed by atoms with Crippen LogP contribution in [0.3, 0.4) is 0 Å². The molecule has 0 bridgehead atoms. The molecule has 0 spiro atoms. The third kappa shape index (κ3) is 6.79. The minimum absolute atomic E-state index is 0.00157. The monoisotopic (exact) mass is 435 g/mol. The van der Waals surface area contributed by atoms with E-state index >= 15 is 0 Å². The van der Waals surface area contributed by atoms with E-state index in [0.29, 0.717) is 25.2 Å². The van der Waals surface area contributed by atoms with Gasteiger partial charge in [0.15, 0.2) is 0 Å². The fourth-order valence-electron chi connectivity index (χ4n) is 4.78. The van der Waals surface area contributed by atoms with Crippen molar-refractivity contribution in [1.29, 1.82) is 0 Å². The highest BCUT2D eigenvalue weighted by Crippen LogP contribution is 2.21. The van der Waals surface area contributed by atoms with Gasteiger partial charge in [-0.3, -0.25) is 4.79 Å². The maximum absolute atomic E-state index is 12.6. The maximum atomic E-state index is 12.6. The van der Waals surface area contributed by atoms with Gasteiger partial charge in [-0.1, -0.05) is 32.4 Å². The van der Waals surface area contributed by atoms with Crippen molar-refractivity contribution >= 4 is 15.9 Å². The fourth-order valence-corrected chi connectivity index (χ4v) is 6.39. The summed E-state index contributed by atoms with van der Waals surface area (Å²) in [5.41, 5.74) is 1.31. The van der Waals surface area contributed by atoms with E-state index in [1.165, 1.54) is 6.42 Å². The maximum Gasteiger partial charge on any atom is 0.251 e. The summed E-state index contributed by atoms with van der Waals surface area (Å²) < 4.78 is 26.7. The molecule has 0 radical (unpaired) electrons. The number of likely N-dealkylation sites (tertiary alicyclic amines) is 1. The molecule has 2 fully saturated rings. The standard InChI is InChI=1S/C23H37N3O3S/c1-19-15-20(2)17-25(16-19)12-6-11-24-23(27)22-9-7-21(8-10-22)18-30(28,29)26-13-4-3-5-14-26/h7-10,19-20H,3-6,11-18H2,1-2H3,(H,24,27)/t19-,20+. The summed E-state index contributed by atoms with van der Waals surface area (Å²) in [6.45, 7) is 9.85. The molecule has 0 unspecified atom stereocenters. The average Bonchev–Trinajstić information content (AvgIpc) is 2.71. The molecule has 168 valence electrons.